The van der Waals surface area contributed by atoms with Gasteiger partial charge >= 0.3 is 6.03 Å². The van der Waals surface area contributed by atoms with Crippen LogP contribution in [0.15, 0.2) is 48.5 Å². The molecule has 0 saturated carbocycles. The van der Waals surface area contributed by atoms with E-state index in [-0.39, 0.29) is 12.1 Å². The molecule has 27 heavy (non-hydrogen) atoms. The molecule has 3 amide bonds. The lowest BCUT2D eigenvalue weighted by atomic mass is 9.91. The molecule has 1 fully saturated rings. The SMILES string of the molecule is CCCc1ccc(C2(C)NC(=O)N(CC(=O)c3ccc(F)cc3)C2=O)cc1. The van der Waals surface area contributed by atoms with Crippen molar-refractivity contribution in [1.29, 1.82) is 0 Å². The summed E-state index contributed by atoms with van der Waals surface area (Å²) in [5.41, 5.74) is 0.849. The molecule has 0 aromatic heterocycles. The molecule has 140 valence electrons. The van der Waals surface area contributed by atoms with Gasteiger partial charge in [0.15, 0.2) is 5.78 Å². The Kier molecular flexibility index (Phi) is 5.08. The molecule has 3 rings (SSSR count). The van der Waals surface area contributed by atoms with Gasteiger partial charge in [0, 0.05) is 5.56 Å². The van der Waals surface area contributed by atoms with Gasteiger partial charge in [-0.3, -0.25) is 14.5 Å². The third-order valence-corrected chi connectivity index (χ3v) is 4.81. The molecule has 2 aromatic rings. The summed E-state index contributed by atoms with van der Waals surface area (Å²) in [6, 6.07) is 11.9. The van der Waals surface area contributed by atoms with Gasteiger partial charge in [0.1, 0.15) is 11.4 Å². The van der Waals surface area contributed by atoms with E-state index in [1.807, 2.05) is 24.3 Å². The van der Waals surface area contributed by atoms with E-state index in [0.717, 1.165) is 23.3 Å². The van der Waals surface area contributed by atoms with E-state index < -0.39 is 29.1 Å². The van der Waals surface area contributed by atoms with Gasteiger partial charge in [-0.2, -0.15) is 0 Å². The molecule has 0 radical (unpaired) electrons. The predicted octanol–water partition coefficient (Wildman–Crippen LogP) is 3.43. The van der Waals surface area contributed by atoms with Crippen molar-refractivity contribution in [2.45, 2.75) is 32.2 Å². The first-order valence-corrected chi connectivity index (χ1v) is 8.87. The lowest BCUT2D eigenvalue weighted by Gasteiger charge is -2.22. The van der Waals surface area contributed by atoms with Gasteiger partial charge < -0.3 is 5.32 Å². The third-order valence-electron chi connectivity index (χ3n) is 4.81. The summed E-state index contributed by atoms with van der Waals surface area (Å²) < 4.78 is 13.0. The molecule has 0 bridgehead atoms. The topological polar surface area (TPSA) is 66.5 Å². The first-order valence-electron chi connectivity index (χ1n) is 8.87. The van der Waals surface area contributed by atoms with Crippen LogP contribution >= 0.6 is 0 Å². The Labute approximate surface area is 157 Å². The smallest absolute Gasteiger partial charge is 0.319 e. The highest BCUT2D eigenvalue weighted by Crippen LogP contribution is 2.29. The minimum absolute atomic E-state index is 0.245. The minimum atomic E-state index is -1.22. The Balaban J connectivity index is 1.79. The van der Waals surface area contributed by atoms with Crippen molar-refractivity contribution in [2.75, 3.05) is 6.54 Å². The number of amides is 3. The second-order valence-electron chi connectivity index (χ2n) is 6.82. The number of benzene rings is 2. The molecule has 1 heterocycles. The molecule has 5 nitrogen and oxygen atoms in total. The van der Waals surface area contributed by atoms with Gasteiger partial charge in [-0.25, -0.2) is 9.18 Å². The number of rotatable bonds is 6. The van der Waals surface area contributed by atoms with Crippen LogP contribution in [0.1, 0.15) is 41.8 Å². The number of hydrogen-bond acceptors (Lipinski definition) is 3. The van der Waals surface area contributed by atoms with Crippen molar-refractivity contribution in [1.82, 2.24) is 10.2 Å². The van der Waals surface area contributed by atoms with Gasteiger partial charge in [-0.1, -0.05) is 37.6 Å². The summed E-state index contributed by atoms with van der Waals surface area (Å²) in [4.78, 5) is 38.5. The van der Waals surface area contributed by atoms with E-state index >= 15 is 0 Å². The van der Waals surface area contributed by atoms with Crippen molar-refractivity contribution in [2.24, 2.45) is 0 Å². The molecular formula is C21H21FN2O3. The molecule has 0 aliphatic carbocycles. The Bertz CT molecular complexity index is 877. The highest BCUT2D eigenvalue weighted by molar-refractivity contribution is 6.11. The van der Waals surface area contributed by atoms with Crippen LogP contribution in [0.3, 0.4) is 0 Å². The molecule has 0 spiro atoms. The third kappa shape index (κ3) is 3.60. The average Bonchev–Trinajstić information content (AvgIpc) is 2.87. The highest BCUT2D eigenvalue weighted by Gasteiger charge is 2.49. The molecule has 6 heteroatoms. The maximum Gasteiger partial charge on any atom is 0.325 e. The Morgan fingerprint density at radius 3 is 2.30 bits per heavy atom. The summed E-state index contributed by atoms with van der Waals surface area (Å²) in [5, 5.41) is 2.69. The second-order valence-corrected chi connectivity index (χ2v) is 6.82. The summed E-state index contributed by atoms with van der Waals surface area (Å²) in [6.07, 6.45) is 1.96. The Hall–Kier alpha value is -3.02. The lowest BCUT2D eigenvalue weighted by Crippen LogP contribution is -2.41. The van der Waals surface area contributed by atoms with Crippen molar-refractivity contribution in [3.05, 3.63) is 71.0 Å². The van der Waals surface area contributed by atoms with E-state index in [2.05, 4.69) is 12.2 Å². The fraction of sp³-hybridized carbons (Fsp3) is 0.286. The van der Waals surface area contributed by atoms with Crippen molar-refractivity contribution >= 4 is 17.7 Å². The number of imide groups is 1. The Morgan fingerprint density at radius 1 is 1.07 bits per heavy atom. The molecule has 2 aromatic carbocycles. The molecular weight excluding hydrogens is 347 g/mol. The number of urea groups is 1. The quantitative estimate of drug-likeness (QED) is 0.627. The van der Waals surface area contributed by atoms with Crippen LogP contribution in [-0.4, -0.2) is 29.2 Å². The van der Waals surface area contributed by atoms with Gasteiger partial charge in [0.25, 0.3) is 5.91 Å². The molecule has 1 N–H and O–H groups in total. The fourth-order valence-corrected chi connectivity index (χ4v) is 3.20. The monoisotopic (exact) mass is 368 g/mol. The number of carbonyl (C=O) groups excluding carboxylic acids is 3. The number of nitrogens with one attached hydrogen (secondary N) is 1. The second kappa shape index (κ2) is 7.31. The van der Waals surface area contributed by atoms with Gasteiger partial charge in [-0.15, -0.1) is 0 Å². The Morgan fingerprint density at radius 2 is 1.70 bits per heavy atom. The van der Waals surface area contributed by atoms with Crippen LogP contribution in [0.4, 0.5) is 9.18 Å². The van der Waals surface area contributed by atoms with Crippen molar-refractivity contribution in [3.8, 4) is 0 Å². The predicted molar refractivity (Wildman–Crippen MR) is 98.8 cm³/mol. The van der Waals surface area contributed by atoms with Crippen molar-refractivity contribution < 1.29 is 18.8 Å². The minimum Gasteiger partial charge on any atom is -0.319 e. The summed E-state index contributed by atoms with van der Waals surface area (Å²) in [5.74, 6) is -1.37. The normalized spacial score (nSPS) is 19.3. The highest BCUT2D eigenvalue weighted by atomic mass is 19.1. The van der Waals surface area contributed by atoms with E-state index in [4.69, 9.17) is 0 Å². The average molecular weight is 368 g/mol. The maximum atomic E-state index is 13.0. The molecule has 1 atom stereocenters. The van der Waals surface area contributed by atoms with Crippen molar-refractivity contribution in [3.63, 3.8) is 0 Å². The van der Waals surface area contributed by atoms with E-state index in [1.54, 1.807) is 6.92 Å². The molecule has 1 aliphatic rings. The summed E-state index contributed by atoms with van der Waals surface area (Å²) in [6.45, 7) is 3.33. The van der Waals surface area contributed by atoms with Crippen LogP contribution in [0.25, 0.3) is 0 Å². The largest absolute Gasteiger partial charge is 0.325 e. The molecule has 1 unspecified atom stereocenters. The molecule has 1 aliphatic heterocycles. The maximum absolute atomic E-state index is 13.0. The fourth-order valence-electron chi connectivity index (χ4n) is 3.20. The number of carbonyl (C=O) groups is 3. The van der Waals surface area contributed by atoms with Gasteiger partial charge in [-0.05, 0) is 48.7 Å². The standard InChI is InChI=1S/C21H21FN2O3/c1-3-4-14-5-9-16(10-6-14)21(2)19(26)24(20(27)23-21)13-18(25)15-7-11-17(22)12-8-15/h5-12H,3-4,13H2,1-2H3,(H,23,27). The number of aryl methyl sites for hydroxylation is 1. The van der Waals surface area contributed by atoms with Crippen LogP contribution in [0.5, 0.6) is 0 Å². The number of Topliss-reactive ketones (excluding diaryl/α,β-unsaturated/α-hetero) is 1. The first kappa shape index (κ1) is 18.8. The first-order chi connectivity index (χ1) is 12.8. The van der Waals surface area contributed by atoms with Gasteiger partial charge in [0.2, 0.25) is 0 Å². The van der Waals surface area contributed by atoms with Crippen LogP contribution in [-0.2, 0) is 16.8 Å². The number of ketones is 1. The number of nitrogens with zero attached hydrogens (tertiary/aromatic N) is 1. The zero-order chi connectivity index (χ0) is 19.6. The van der Waals surface area contributed by atoms with E-state index in [0.29, 0.717) is 5.56 Å². The summed E-state index contributed by atoms with van der Waals surface area (Å²) in [7, 11) is 0. The van der Waals surface area contributed by atoms with Gasteiger partial charge in [0.05, 0.1) is 6.54 Å². The van der Waals surface area contributed by atoms with E-state index in [1.165, 1.54) is 24.3 Å². The molecule has 1 saturated heterocycles. The van der Waals surface area contributed by atoms with Crippen LogP contribution < -0.4 is 5.32 Å². The number of hydrogen-bond donors (Lipinski definition) is 1. The zero-order valence-corrected chi connectivity index (χ0v) is 15.3. The van der Waals surface area contributed by atoms with Crippen LogP contribution in [0, 0.1) is 5.82 Å². The van der Waals surface area contributed by atoms with Crippen LogP contribution in [0.2, 0.25) is 0 Å². The zero-order valence-electron chi connectivity index (χ0n) is 15.3. The summed E-state index contributed by atoms with van der Waals surface area (Å²) >= 11 is 0. The van der Waals surface area contributed by atoms with E-state index in [9.17, 15) is 18.8 Å². The lowest BCUT2D eigenvalue weighted by molar-refractivity contribution is -0.130. The number of halogens is 1.